The zero-order valence-electron chi connectivity index (χ0n) is 9.21. The van der Waals surface area contributed by atoms with E-state index in [1.807, 2.05) is 0 Å². The van der Waals surface area contributed by atoms with E-state index >= 15 is 0 Å². The molecule has 0 bridgehead atoms. The van der Waals surface area contributed by atoms with Crippen molar-refractivity contribution in [3.63, 3.8) is 0 Å². The molecule has 0 aliphatic rings. The van der Waals surface area contributed by atoms with Gasteiger partial charge in [-0.25, -0.2) is 9.78 Å². The zero-order valence-corrected chi connectivity index (χ0v) is 10.1. The lowest BCUT2D eigenvalue weighted by Gasteiger charge is -2.16. The molecule has 5 N–H and O–H groups in total. The highest BCUT2D eigenvalue weighted by Gasteiger charge is 2.18. The standard InChI is InChI=1S/C7H13N4O6P/c8-6-9-3-11(7(13)10-6)1-5(2-12)17-4-18(14,15)16/h3,5,12H,1-2,4H2,(H2,8,10,13)(H2,14,15,16). The van der Waals surface area contributed by atoms with Crippen LogP contribution in [0.5, 0.6) is 0 Å². The molecule has 0 saturated heterocycles. The first-order valence-corrected chi connectivity index (χ1v) is 6.57. The molecule has 11 heteroatoms. The van der Waals surface area contributed by atoms with Gasteiger partial charge in [-0.05, 0) is 0 Å². The Morgan fingerprint density at radius 2 is 2.22 bits per heavy atom. The molecule has 18 heavy (non-hydrogen) atoms. The molecule has 0 aromatic carbocycles. The summed E-state index contributed by atoms with van der Waals surface area (Å²) in [5.74, 6) is -0.187. The predicted octanol–water partition coefficient (Wildman–Crippen LogP) is -2.27. The summed E-state index contributed by atoms with van der Waals surface area (Å²) < 4.78 is 16.4. The van der Waals surface area contributed by atoms with Crippen molar-refractivity contribution in [3.8, 4) is 0 Å². The smallest absolute Gasteiger partial charge is 0.352 e. The summed E-state index contributed by atoms with van der Waals surface area (Å²) in [6.45, 7) is -0.660. The molecule has 1 atom stereocenters. The molecule has 0 aliphatic heterocycles. The molecule has 0 saturated carbocycles. The largest absolute Gasteiger partial charge is 0.394 e. The van der Waals surface area contributed by atoms with Crippen LogP contribution in [0.1, 0.15) is 0 Å². The maximum Gasteiger partial charge on any atom is 0.352 e. The Kier molecular flexibility index (Phi) is 4.93. The second-order valence-electron chi connectivity index (χ2n) is 3.41. The fraction of sp³-hybridized carbons (Fsp3) is 0.571. The first-order chi connectivity index (χ1) is 8.31. The fourth-order valence-electron chi connectivity index (χ4n) is 1.08. The van der Waals surface area contributed by atoms with E-state index in [1.165, 1.54) is 0 Å². The van der Waals surface area contributed by atoms with Crippen molar-refractivity contribution in [2.45, 2.75) is 12.6 Å². The Bertz CT molecular complexity index is 499. The molecule has 1 rings (SSSR count). The molecule has 0 fully saturated rings. The van der Waals surface area contributed by atoms with E-state index < -0.39 is 32.3 Å². The second kappa shape index (κ2) is 6.03. The van der Waals surface area contributed by atoms with E-state index in [9.17, 15) is 9.36 Å². The van der Waals surface area contributed by atoms with Gasteiger partial charge in [-0.15, -0.1) is 0 Å². The Morgan fingerprint density at radius 3 is 2.72 bits per heavy atom. The highest BCUT2D eigenvalue weighted by atomic mass is 31.2. The number of nitrogens with two attached hydrogens (primary N) is 1. The van der Waals surface area contributed by atoms with Crippen LogP contribution in [0.4, 0.5) is 5.95 Å². The van der Waals surface area contributed by atoms with Crippen LogP contribution in [-0.2, 0) is 15.8 Å². The highest BCUT2D eigenvalue weighted by Crippen LogP contribution is 2.34. The van der Waals surface area contributed by atoms with Crippen LogP contribution in [-0.4, -0.2) is 48.5 Å². The van der Waals surface area contributed by atoms with Gasteiger partial charge < -0.3 is 25.4 Å². The number of nitrogen functional groups attached to an aromatic ring is 1. The monoisotopic (exact) mass is 280 g/mol. The SMILES string of the molecule is Nc1ncn(CC(CO)OCP(=O)(O)O)c(=O)n1. The third-order valence-electron chi connectivity index (χ3n) is 1.87. The fourth-order valence-corrected chi connectivity index (χ4v) is 1.48. The molecule has 10 nitrogen and oxygen atoms in total. The lowest BCUT2D eigenvalue weighted by Crippen LogP contribution is -2.32. The van der Waals surface area contributed by atoms with E-state index in [2.05, 4.69) is 9.97 Å². The highest BCUT2D eigenvalue weighted by molar-refractivity contribution is 7.51. The average Bonchev–Trinajstić information content (AvgIpc) is 2.25. The van der Waals surface area contributed by atoms with Gasteiger partial charge in [-0.3, -0.25) is 9.13 Å². The van der Waals surface area contributed by atoms with Crippen LogP contribution in [0, 0.1) is 0 Å². The molecule has 0 aliphatic carbocycles. The quantitative estimate of drug-likeness (QED) is 0.421. The summed E-state index contributed by atoms with van der Waals surface area (Å²) in [4.78, 5) is 35.5. The van der Waals surface area contributed by atoms with Crippen LogP contribution in [0.25, 0.3) is 0 Å². The number of nitrogens with zero attached hydrogens (tertiary/aromatic N) is 3. The third kappa shape index (κ3) is 4.90. The molecule has 0 amide bonds. The minimum atomic E-state index is -4.33. The number of hydrogen-bond acceptors (Lipinski definition) is 7. The molecule has 1 aromatic heterocycles. The van der Waals surface area contributed by atoms with Gasteiger partial charge in [0.15, 0.2) is 0 Å². The van der Waals surface area contributed by atoms with Crippen molar-refractivity contribution in [2.24, 2.45) is 0 Å². The van der Waals surface area contributed by atoms with E-state index in [-0.39, 0.29) is 12.5 Å². The number of ether oxygens (including phenoxy) is 1. The normalized spacial score (nSPS) is 13.5. The molecule has 0 spiro atoms. The number of rotatable bonds is 6. The van der Waals surface area contributed by atoms with Gasteiger partial charge in [0.2, 0.25) is 5.95 Å². The Balaban J connectivity index is 2.68. The van der Waals surface area contributed by atoms with E-state index in [1.54, 1.807) is 0 Å². The summed E-state index contributed by atoms with van der Waals surface area (Å²) in [6.07, 6.45) is -0.695. The van der Waals surface area contributed by atoms with Crippen molar-refractivity contribution in [2.75, 3.05) is 18.7 Å². The second-order valence-corrected chi connectivity index (χ2v) is 5.00. The summed E-state index contributed by atoms with van der Waals surface area (Å²) in [6, 6.07) is 0. The maximum atomic E-state index is 11.3. The molecule has 102 valence electrons. The van der Waals surface area contributed by atoms with Crippen molar-refractivity contribution in [1.29, 1.82) is 0 Å². The summed E-state index contributed by atoms with van der Waals surface area (Å²) in [5, 5.41) is 8.97. The molecule has 0 radical (unpaired) electrons. The molecule has 1 aromatic rings. The number of aromatic nitrogens is 3. The van der Waals surface area contributed by atoms with Crippen LogP contribution in [0.2, 0.25) is 0 Å². The van der Waals surface area contributed by atoms with Gasteiger partial charge >= 0.3 is 13.3 Å². The topological polar surface area (TPSA) is 161 Å². The molecule has 1 heterocycles. The molecular formula is C7H13N4O6P. The lowest BCUT2D eigenvalue weighted by molar-refractivity contribution is 0.0187. The van der Waals surface area contributed by atoms with Crippen molar-refractivity contribution in [1.82, 2.24) is 14.5 Å². The number of anilines is 1. The van der Waals surface area contributed by atoms with E-state index in [4.69, 9.17) is 25.4 Å². The van der Waals surface area contributed by atoms with Crippen molar-refractivity contribution < 1.29 is 24.2 Å². The van der Waals surface area contributed by atoms with Crippen LogP contribution in [0.15, 0.2) is 11.1 Å². The first kappa shape index (κ1) is 14.7. The Hall–Kier alpha value is -1.32. The van der Waals surface area contributed by atoms with Gasteiger partial charge in [0, 0.05) is 0 Å². The number of hydrogen-bond donors (Lipinski definition) is 4. The summed E-state index contributed by atoms with van der Waals surface area (Å²) >= 11 is 0. The van der Waals surface area contributed by atoms with Gasteiger partial charge in [-0.1, -0.05) is 0 Å². The minimum Gasteiger partial charge on any atom is -0.394 e. The number of aliphatic hydroxyl groups excluding tert-OH is 1. The Labute approximate surface area is 101 Å². The van der Waals surface area contributed by atoms with Crippen molar-refractivity contribution in [3.05, 3.63) is 16.8 Å². The third-order valence-corrected chi connectivity index (χ3v) is 2.35. The summed E-state index contributed by atoms with van der Waals surface area (Å²) in [7, 11) is -4.33. The minimum absolute atomic E-state index is 0.143. The Morgan fingerprint density at radius 1 is 1.56 bits per heavy atom. The average molecular weight is 280 g/mol. The van der Waals surface area contributed by atoms with Gasteiger partial charge in [0.1, 0.15) is 12.7 Å². The predicted molar refractivity (Wildman–Crippen MR) is 59.6 cm³/mol. The van der Waals surface area contributed by atoms with Gasteiger partial charge in [-0.2, -0.15) is 4.98 Å². The van der Waals surface area contributed by atoms with E-state index in [0.29, 0.717) is 0 Å². The maximum absolute atomic E-state index is 11.3. The van der Waals surface area contributed by atoms with Crippen molar-refractivity contribution >= 4 is 13.5 Å². The first-order valence-electron chi connectivity index (χ1n) is 4.78. The lowest BCUT2D eigenvalue weighted by atomic mass is 10.4. The zero-order chi connectivity index (χ0) is 13.8. The summed E-state index contributed by atoms with van der Waals surface area (Å²) in [5.41, 5.74) is 4.49. The van der Waals surface area contributed by atoms with Crippen LogP contribution >= 0.6 is 7.60 Å². The van der Waals surface area contributed by atoms with Gasteiger partial charge in [0.05, 0.1) is 19.3 Å². The van der Waals surface area contributed by atoms with E-state index in [0.717, 1.165) is 10.9 Å². The number of aliphatic hydroxyl groups is 1. The van der Waals surface area contributed by atoms with Crippen LogP contribution < -0.4 is 11.4 Å². The molecular weight excluding hydrogens is 267 g/mol. The van der Waals surface area contributed by atoms with Gasteiger partial charge in [0.25, 0.3) is 0 Å². The van der Waals surface area contributed by atoms with Crippen LogP contribution in [0.3, 0.4) is 0 Å². The molecule has 1 unspecified atom stereocenters.